The van der Waals surface area contributed by atoms with E-state index in [4.69, 9.17) is 5.11 Å². The average molecular weight is 209 g/mol. The highest BCUT2D eigenvalue weighted by atomic mass is 19.1. The number of fused-ring (bicyclic) bond motifs is 1. The van der Waals surface area contributed by atoms with E-state index in [1.165, 1.54) is 12.1 Å². The molecule has 1 aromatic carbocycles. The maximum absolute atomic E-state index is 12.9. The van der Waals surface area contributed by atoms with Gasteiger partial charge in [0.05, 0.1) is 5.92 Å². The van der Waals surface area contributed by atoms with Gasteiger partial charge < -0.3 is 10.4 Å². The number of anilines is 1. The summed E-state index contributed by atoms with van der Waals surface area (Å²) >= 11 is 0. The van der Waals surface area contributed by atoms with Gasteiger partial charge in [-0.15, -0.1) is 0 Å². The van der Waals surface area contributed by atoms with Crippen LogP contribution in [0, 0.1) is 11.7 Å². The molecule has 2 rings (SSSR count). The molecule has 0 amide bonds. The lowest BCUT2D eigenvalue weighted by molar-refractivity contribution is -0.140. The van der Waals surface area contributed by atoms with Crippen molar-refractivity contribution in [2.24, 2.45) is 5.92 Å². The number of nitrogens with one attached hydrogen (secondary N) is 1. The van der Waals surface area contributed by atoms with E-state index in [2.05, 4.69) is 5.32 Å². The first-order valence-corrected chi connectivity index (χ1v) is 4.85. The summed E-state index contributed by atoms with van der Waals surface area (Å²) in [6, 6.07) is 4.19. The Bertz CT molecular complexity index is 406. The molecule has 0 radical (unpaired) electrons. The molecular formula is C11H12FNO2. The van der Waals surface area contributed by atoms with Crippen molar-refractivity contribution in [3.63, 3.8) is 0 Å². The number of hydrogen-bond acceptors (Lipinski definition) is 2. The van der Waals surface area contributed by atoms with E-state index in [1.807, 2.05) is 6.92 Å². The van der Waals surface area contributed by atoms with Gasteiger partial charge in [-0.2, -0.15) is 0 Å². The van der Waals surface area contributed by atoms with Crippen LogP contribution in [0.1, 0.15) is 18.4 Å². The minimum atomic E-state index is -0.850. The van der Waals surface area contributed by atoms with Crippen LogP contribution in [0.15, 0.2) is 18.2 Å². The minimum absolute atomic E-state index is 0.0143. The predicted octanol–water partition coefficient (Wildman–Crippen LogP) is 2.06. The van der Waals surface area contributed by atoms with Crippen LogP contribution in [0.4, 0.5) is 10.1 Å². The van der Waals surface area contributed by atoms with Crippen LogP contribution in [0.5, 0.6) is 0 Å². The summed E-state index contributed by atoms with van der Waals surface area (Å²) in [5, 5.41) is 12.1. The average Bonchev–Trinajstić information content (AvgIpc) is 2.17. The third kappa shape index (κ3) is 1.67. The summed E-state index contributed by atoms with van der Waals surface area (Å²) < 4.78 is 12.9. The first-order valence-electron chi connectivity index (χ1n) is 4.85. The number of carboxylic acids is 1. The molecule has 0 bridgehead atoms. The van der Waals surface area contributed by atoms with Crippen LogP contribution in [0.2, 0.25) is 0 Å². The Morgan fingerprint density at radius 3 is 3.00 bits per heavy atom. The van der Waals surface area contributed by atoms with Crippen molar-refractivity contribution < 1.29 is 14.3 Å². The lowest BCUT2D eigenvalue weighted by Gasteiger charge is -2.29. The van der Waals surface area contributed by atoms with Gasteiger partial charge in [0.15, 0.2) is 0 Å². The van der Waals surface area contributed by atoms with Crippen molar-refractivity contribution in [3.05, 3.63) is 29.6 Å². The maximum atomic E-state index is 12.9. The number of aliphatic carboxylic acids is 1. The smallest absolute Gasteiger partial charge is 0.311 e. The predicted molar refractivity (Wildman–Crippen MR) is 54.4 cm³/mol. The Kier molecular flexibility index (Phi) is 2.34. The summed E-state index contributed by atoms with van der Waals surface area (Å²) in [5.74, 6) is -1.72. The second-order valence-electron chi connectivity index (χ2n) is 3.91. The van der Waals surface area contributed by atoms with Crippen LogP contribution in [0.25, 0.3) is 0 Å². The molecule has 4 heteroatoms. The van der Waals surface area contributed by atoms with E-state index in [1.54, 1.807) is 6.07 Å². The first-order chi connectivity index (χ1) is 7.09. The molecule has 0 fully saturated rings. The summed E-state index contributed by atoms with van der Waals surface area (Å²) in [5.41, 5.74) is 1.27. The lowest BCUT2D eigenvalue weighted by Crippen LogP contribution is -2.30. The molecule has 0 aromatic heterocycles. The molecule has 80 valence electrons. The summed E-state index contributed by atoms with van der Waals surface area (Å²) in [4.78, 5) is 11.1. The number of carboxylic acid groups (broad SMARTS) is 1. The number of hydrogen-bond donors (Lipinski definition) is 2. The first kappa shape index (κ1) is 9.96. The van der Waals surface area contributed by atoms with Gasteiger partial charge in [-0.3, -0.25) is 4.79 Å². The molecule has 1 heterocycles. The van der Waals surface area contributed by atoms with Crippen LogP contribution >= 0.6 is 0 Å². The molecule has 15 heavy (non-hydrogen) atoms. The number of rotatable bonds is 1. The second-order valence-corrected chi connectivity index (χ2v) is 3.91. The Morgan fingerprint density at radius 1 is 1.60 bits per heavy atom. The topological polar surface area (TPSA) is 49.3 Å². The zero-order valence-corrected chi connectivity index (χ0v) is 8.33. The van der Waals surface area contributed by atoms with E-state index < -0.39 is 11.9 Å². The third-order valence-corrected chi connectivity index (χ3v) is 2.80. The van der Waals surface area contributed by atoms with Gasteiger partial charge in [0, 0.05) is 12.2 Å². The Hall–Kier alpha value is -1.58. The van der Waals surface area contributed by atoms with Crippen molar-refractivity contribution in [1.82, 2.24) is 0 Å². The quantitative estimate of drug-likeness (QED) is 0.744. The highest BCUT2D eigenvalue weighted by molar-refractivity contribution is 5.80. The molecule has 2 unspecified atom stereocenters. The van der Waals surface area contributed by atoms with Crippen molar-refractivity contribution in [1.29, 1.82) is 0 Å². The number of halogens is 1. The molecule has 0 saturated carbocycles. The molecule has 2 N–H and O–H groups in total. The van der Waals surface area contributed by atoms with Crippen LogP contribution in [0.3, 0.4) is 0 Å². The van der Waals surface area contributed by atoms with E-state index in [0.717, 1.165) is 0 Å². The van der Waals surface area contributed by atoms with Gasteiger partial charge in [-0.25, -0.2) is 4.39 Å². The number of benzene rings is 1. The Morgan fingerprint density at radius 2 is 2.33 bits per heavy atom. The van der Waals surface area contributed by atoms with Crippen molar-refractivity contribution in [2.45, 2.75) is 12.8 Å². The molecule has 1 aliphatic rings. The zero-order chi connectivity index (χ0) is 11.0. The highest BCUT2D eigenvalue weighted by Crippen LogP contribution is 2.35. The molecule has 1 aliphatic heterocycles. The molecule has 3 nitrogen and oxygen atoms in total. The fraction of sp³-hybridized carbons (Fsp3) is 0.364. The van der Waals surface area contributed by atoms with Crippen LogP contribution in [-0.2, 0) is 4.79 Å². The van der Waals surface area contributed by atoms with E-state index in [0.29, 0.717) is 17.8 Å². The fourth-order valence-electron chi connectivity index (χ4n) is 2.02. The standard InChI is InChI=1S/C11H12FNO2/c1-6-5-13-9-4-7(12)2-3-8(9)10(6)11(14)15/h2-4,6,10,13H,5H2,1H3,(H,14,15). The van der Waals surface area contributed by atoms with Gasteiger partial charge in [-0.05, 0) is 23.6 Å². The summed E-state index contributed by atoms with van der Waals surface area (Å²) in [6.45, 7) is 2.44. The molecule has 0 saturated heterocycles. The summed E-state index contributed by atoms with van der Waals surface area (Å²) in [7, 11) is 0. The van der Waals surface area contributed by atoms with Crippen molar-refractivity contribution in [3.8, 4) is 0 Å². The monoisotopic (exact) mass is 209 g/mol. The van der Waals surface area contributed by atoms with Gasteiger partial charge >= 0.3 is 5.97 Å². The van der Waals surface area contributed by atoms with Gasteiger partial charge in [0.2, 0.25) is 0 Å². The largest absolute Gasteiger partial charge is 0.481 e. The normalized spacial score (nSPS) is 24.1. The Balaban J connectivity index is 2.48. The van der Waals surface area contributed by atoms with Gasteiger partial charge in [-0.1, -0.05) is 13.0 Å². The van der Waals surface area contributed by atoms with E-state index >= 15 is 0 Å². The van der Waals surface area contributed by atoms with Crippen molar-refractivity contribution >= 4 is 11.7 Å². The fourth-order valence-corrected chi connectivity index (χ4v) is 2.02. The van der Waals surface area contributed by atoms with Crippen LogP contribution < -0.4 is 5.32 Å². The van der Waals surface area contributed by atoms with Crippen LogP contribution in [-0.4, -0.2) is 17.6 Å². The summed E-state index contributed by atoms with van der Waals surface area (Å²) in [6.07, 6.45) is 0. The van der Waals surface area contributed by atoms with Gasteiger partial charge in [0.1, 0.15) is 5.82 Å². The van der Waals surface area contributed by atoms with E-state index in [-0.39, 0.29) is 11.7 Å². The maximum Gasteiger partial charge on any atom is 0.311 e. The van der Waals surface area contributed by atoms with Gasteiger partial charge in [0.25, 0.3) is 0 Å². The number of carbonyl (C=O) groups is 1. The third-order valence-electron chi connectivity index (χ3n) is 2.80. The molecule has 0 spiro atoms. The second kappa shape index (κ2) is 3.53. The molecular weight excluding hydrogens is 197 g/mol. The van der Waals surface area contributed by atoms with E-state index in [9.17, 15) is 9.18 Å². The Labute approximate surface area is 86.9 Å². The lowest BCUT2D eigenvalue weighted by atomic mass is 9.83. The van der Waals surface area contributed by atoms with Crippen molar-refractivity contribution in [2.75, 3.05) is 11.9 Å². The SMILES string of the molecule is CC1CNc2cc(F)ccc2C1C(=O)O. The molecule has 0 aliphatic carbocycles. The molecule has 2 atom stereocenters. The molecule has 1 aromatic rings. The minimum Gasteiger partial charge on any atom is -0.481 e. The highest BCUT2D eigenvalue weighted by Gasteiger charge is 2.32. The zero-order valence-electron chi connectivity index (χ0n) is 8.33.